The molecule has 0 bridgehead atoms. The first kappa shape index (κ1) is 16.1. The van der Waals surface area contributed by atoms with Gasteiger partial charge in [0.2, 0.25) is 10.0 Å². The van der Waals surface area contributed by atoms with Crippen molar-refractivity contribution in [2.45, 2.75) is 31.5 Å². The molecule has 0 amide bonds. The number of benzene rings is 1. The molecule has 6 nitrogen and oxygen atoms in total. The third-order valence-corrected chi connectivity index (χ3v) is 5.83. The van der Waals surface area contributed by atoms with E-state index >= 15 is 0 Å². The van der Waals surface area contributed by atoms with E-state index in [4.69, 9.17) is 9.26 Å². The topological polar surface area (TPSA) is 72.6 Å². The molecule has 0 atom stereocenters. The van der Waals surface area contributed by atoms with Crippen LogP contribution in [-0.4, -0.2) is 37.1 Å². The summed E-state index contributed by atoms with van der Waals surface area (Å²) in [6.45, 7) is 3.96. The van der Waals surface area contributed by atoms with Crippen molar-refractivity contribution in [2.24, 2.45) is 0 Å². The normalized spacial score (nSPS) is 16.5. The molecular formula is C15H17FN2O4S. The molecule has 3 rings (SSSR count). The molecule has 0 radical (unpaired) electrons. The fourth-order valence-electron chi connectivity index (χ4n) is 2.52. The monoisotopic (exact) mass is 340 g/mol. The molecule has 23 heavy (non-hydrogen) atoms. The van der Waals surface area contributed by atoms with Gasteiger partial charge < -0.3 is 9.26 Å². The van der Waals surface area contributed by atoms with Gasteiger partial charge in [-0.25, -0.2) is 12.8 Å². The van der Waals surface area contributed by atoms with Gasteiger partial charge in [-0.15, -0.1) is 0 Å². The Balaban J connectivity index is 1.59. The van der Waals surface area contributed by atoms with Crippen molar-refractivity contribution >= 4 is 10.0 Å². The Morgan fingerprint density at radius 3 is 2.74 bits per heavy atom. The van der Waals surface area contributed by atoms with Crippen molar-refractivity contribution in [3.63, 3.8) is 0 Å². The molecular weight excluding hydrogens is 323 g/mol. The molecule has 2 aromatic rings. The van der Waals surface area contributed by atoms with Gasteiger partial charge in [-0.3, -0.25) is 0 Å². The number of rotatable bonds is 5. The maximum absolute atomic E-state index is 13.1. The van der Waals surface area contributed by atoms with Gasteiger partial charge in [-0.05, 0) is 31.5 Å². The van der Waals surface area contributed by atoms with E-state index in [0.29, 0.717) is 5.69 Å². The quantitative estimate of drug-likeness (QED) is 0.833. The van der Waals surface area contributed by atoms with Crippen LogP contribution in [0.1, 0.15) is 17.0 Å². The van der Waals surface area contributed by atoms with Gasteiger partial charge in [-0.1, -0.05) is 17.3 Å². The minimum absolute atomic E-state index is 0.126. The van der Waals surface area contributed by atoms with Gasteiger partial charge in [-0.2, -0.15) is 4.31 Å². The van der Waals surface area contributed by atoms with E-state index in [1.54, 1.807) is 26.0 Å². The number of aryl methyl sites for hydroxylation is 2. The molecule has 0 aliphatic carbocycles. The minimum Gasteiger partial charge on any atom is -0.371 e. The summed E-state index contributed by atoms with van der Waals surface area (Å²) in [6.07, 6.45) is -0.200. The number of hydrogen-bond acceptors (Lipinski definition) is 5. The summed E-state index contributed by atoms with van der Waals surface area (Å²) < 4.78 is 49.9. The lowest BCUT2D eigenvalue weighted by Crippen LogP contribution is -2.54. The van der Waals surface area contributed by atoms with Crippen molar-refractivity contribution < 1.29 is 22.1 Å². The molecule has 2 heterocycles. The van der Waals surface area contributed by atoms with Crippen molar-refractivity contribution in [1.82, 2.24) is 9.46 Å². The second kappa shape index (κ2) is 6.03. The maximum Gasteiger partial charge on any atom is 0.248 e. The summed E-state index contributed by atoms with van der Waals surface area (Å²) in [7, 11) is -3.61. The lowest BCUT2D eigenvalue weighted by atomic mass is 10.2. The second-order valence-corrected chi connectivity index (χ2v) is 7.41. The van der Waals surface area contributed by atoms with Gasteiger partial charge in [0.15, 0.2) is 5.76 Å². The molecule has 1 saturated heterocycles. The molecule has 1 aromatic heterocycles. The smallest absolute Gasteiger partial charge is 0.248 e. The predicted octanol–water partition coefficient (Wildman–Crippen LogP) is 2.02. The summed E-state index contributed by atoms with van der Waals surface area (Å²) >= 11 is 0. The van der Waals surface area contributed by atoms with Gasteiger partial charge in [0, 0.05) is 13.1 Å². The lowest BCUT2D eigenvalue weighted by molar-refractivity contribution is -0.0296. The van der Waals surface area contributed by atoms with Crippen LogP contribution in [0.5, 0.6) is 0 Å². The first-order valence-electron chi connectivity index (χ1n) is 7.17. The van der Waals surface area contributed by atoms with E-state index in [1.807, 2.05) is 0 Å². The zero-order valence-corrected chi connectivity index (χ0v) is 13.6. The maximum atomic E-state index is 13.1. The van der Waals surface area contributed by atoms with Crippen LogP contribution in [0.3, 0.4) is 0 Å². The molecule has 0 spiro atoms. The highest BCUT2D eigenvalue weighted by Gasteiger charge is 2.40. The molecule has 8 heteroatoms. The van der Waals surface area contributed by atoms with Gasteiger partial charge in [0.25, 0.3) is 0 Å². The van der Waals surface area contributed by atoms with Crippen LogP contribution in [-0.2, 0) is 21.4 Å². The SMILES string of the molecule is Cc1noc(C)c1S(=O)(=O)N1CC(OCc2cccc(F)c2)C1. The fourth-order valence-corrected chi connectivity index (χ4v) is 4.31. The summed E-state index contributed by atoms with van der Waals surface area (Å²) in [5, 5.41) is 3.68. The Morgan fingerprint density at radius 2 is 2.13 bits per heavy atom. The van der Waals surface area contributed by atoms with Crippen molar-refractivity contribution in [3.05, 3.63) is 47.1 Å². The number of aromatic nitrogens is 1. The first-order valence-corrected chi connectivity index (χ1v) is 8.61. The van der Waals surface area contributed by atoms with Crippen LogP contribution >= 0.6 is 0 Å². The van der Waals surface area contributed by atoms with Gasteiger partial charge >= 0.3 is 0 Å². The summed E-state index contributed by atoms with van der Waals surface area (Å²) in [5.41, 5.74) is 1.07. The highest BCUT2D eigenvalue weighted by molar-refractivity contribution is 7.89. The fraction of sp³-hybridized carbons (Fsp3) is 0.400. The molecule has 0 saturated carbocycles. The second-order valence-electron chi connectivity index (χ2n) is 5.54. The van der Waals surface area contributed by atoms with Crippen LogP contribution in [0, 0.1) is 19.7 Å². The average Bonchev–Trinajstić information content (AvgIpc) is 2.76. The molecule has 124 valence electrons. The first-order chi connectivity index (χ1) is 10.9. The Hall–Kier alpha value is -1.77. The number of sulfonamides is 1. The zero-order valence-electron chi connectivity index (χ0n) is 12.8. The standard InChI is InChI=1S/C15H17FN2O4S/c1-10-15(11(2)22-17-10)23(19,20)18-7-14(8-18)21-9-12-4-3-5-13(16)6-12/h3-6,14H,7-9H2,1-2H3. The summed E-state index contributed by atoms with van der Waals surface area (Å²) in [5.74, 6) is -0.0334. The molecule has 1 aromatic carbocycles. The van der Waals surface area contributed by atoms with Crippen LogP contribution in [0.25, 0.3) is 0 Å². The Labute approximate surface area is 133 Å². The largest absolute Gasteiger partial charge is 0.371 e. The van der Waals surface area contributed by atoms with E-state index < -0.39 is 10.0 Å². The van der Waals surface area contributed by atoms with Gasteiger partial charge in [0.05, 0.1) is 12.7 Å². The summed E-state index contributed by atoms with van der Waals surface area (Å²) in [4.78, 5) is 0.126. The third kappa shape index (κ3) is 3.15. The van der Waals surface area contributed by atoms with E-state index in [1.165, 1.54) is 16.4 Å². The Morgan fingerprint density at radius 1 is 1.39 bits per heavy atom. The molecule has 1 aliphatic rings. The zero-order chi connectivity index (χ0) is 16.6. The number of hydrogen-bond donors (Lipinski definition) is 0. The molecule has 1 aliphatic heterocycles. The summed E-state index contributed by atoms with van der Waals surface area (Å²) in [6, 6.07) is 6.14. The van der Waals surface area contributed by atoms with E-state index in [0.717, 1.165) is 5.56 Å². The van der Waals surface area contributed by atoms with Crippen molar-refractivity contribution in [3.8, 4) is 0 Å². The van der Waals surface area contributed by atoms with Crippen LogP contribution in [0.15, 0.2) is 33.7 Å². The van der Waals surface area contributed by atoms with E-state index in [-0.39, 0.29) is 42.3 Å². The van der Waals surface area contributed by atoms with Crippen molar-refractivity contribution in [2.75, 3.05) is 13.1 Å². The highest BCUT2D eigenvalue weighted by atomic mass is 32.2. The molecule has 1 fully saturated rings. The van der Waals surface area contributed by atoms with E-state index in [9.17, 15) is 12.8 Å². The van der Waals surface area contributed by atoms with Crippen LogP contribution in [0.2, 0.25) is 0 Å². The Bertz CT molecular complexity index is 793. The average molecular weight is 340 g/mol. The highest BCUT2D eigenvalue weighted by Crippen LogP contribution is 2.28. The van der Waals surface area contributed by atoms with Crippen molar-refractivity contribution in [1.29, 1.82) is 0 Å². The predicted molar refractivity (Wildman–Crippen MR) is 79.7 cm³/mol. The number of nitrogens with zero attached hydrogens (tertiary/aromatic N) is 2. The number of ether oxygens (including phenoxy) is 1. The molecule has 0 N–H and O–H groups in total. The Kier molecular flexibility index (Phi) is 4.22. The number of halogens is 1. The van der Waals surface area contributed by atoms with Gasteiger partial charge in [0.1, 0.15) is 16.4 Å². The van der Waals surface area contributed by atoms with E-state index in [2.05, 4.69) is 5.16 Å². The lowest BCUT2D eigenvalue weighted by Gasteiger charge is -2.37. The minimum atomic E-state index is -3.61. The van der Waals surface area contributed by atoms with Crippen LogP contribution < -0.4 is 0 Å². The molecule has 0 unspecified atom stereocenters. The third-order valence-electron chi connectivity index (χ3n) is 3.76. The van der Waals surface area contributed by atoms with Crippen LogP contribution in [0.4, 0.5) is 4.39 Å².